The zero-order valence-corrected chi connectivity index (χ0v) is 16.0. The maximum atomic E-state index is 12.7. The van der Waals surface area contributed by atoms with Crippen LogP contribution in [0, 0.1) is 11.8 Å². The maximum absolute atomic E-state index is 12.7. The number of carbonyl (C=O) groups is 1. The molecule has 2 saturated carbocycles. The zero-order chi connectivity index (χ0) is 19.1. The Morgan fingerprint density at radius 1 is 1.29 bits per heavy atom. The van der Waals surface area contributed by atoms with Crippen LogP contribution in [0.25, 0.3) is 10.9 Å². The molecule has 0 unspecified atom stereocenters. The standard InChI is InChI=1S/C23H25N3O2/c1-14(21-7-6-18(12-25-21)28-13-15-2-3-15)26-23(27)20-11-19(20)17-5-4-16-8-9-24-22(16)10-17/h4-10,12,14-15,19-20,24H,2-3,11,13H2,1H3,(H,26,27)/t14-,19-,20+/m1/s1. The van der Waals surface area contributed by atoms with E-state index in [0.29, 0.717) is 5.92 Å². The van der Waals surface area contributed by atoms with Crippen molar-refractivity contribution in [2.24, 2.45) is 11.8 Å². The van der Waals surface area contributed by atoms with Gasteiger partial charge in [-0.3, -0.25) is 9.78 Å². The number of amides is 1. The molecule has 0 spiro atoms. The van der Waals surface area contributed by atoms with Gasteiger partial charge in [0.15, 0.2) is 0 Å². The summed E-state index contributed by atoms with van der Waals surface area (Å²) in [5.74, 6) is 2.00. The van der Waals surface area contributed by atoms with Gasteiger partial charge in [-0.25, -0.2) is 0 Å². The van der Waals surface area contributed by atoms with E-state index < -0.39 is 0 Å². The van der Waals surface area contributed by atoms with E-state index in [1.54, 1.807) is 6.20 Å². The molecule has 1 aromatic carbocycles. The number of nitrogens with zero attached hydrogens (tertiary/aromatic N) is 1. The average molecular weight is 375 g/mol. The number of benzene rings is 1. The van der Waals surface area contributed by atoms with E-state index in [0.717, 1.165) is 35.9 Å². The molecule has 1 amide bonds. The van der Waals surface area contributed by atoms with E-state index >= 15 is 0 Å². The van der Waals surface area contributed by atoms with Crippen LogP contribution in [0.3, 0.4) is 0 Å². The van der Waals surface area contributed by atoms with Crippen LogP contribution in [0.1, 0.15) is 49.4 Å². The third-order valence-corrected chi connectivity index (χ3v) is 5.88. The second-order valence-corrected chi connectivity index (χ2v) is 8.18. The fraction of sp³-hybridized carbons (Fsp3) is 0.391. The minimum Gasteiger partial charge on any atom is -0.492 e. The van der Waals surface area contributed by atoms with Gasteiger partial charge in [-0.15, -0.1) is 0 Å². The molecule has 0 aliphatic heterocycles. The predicted molar refractivity (Wildman–Crippen MR) is 108 cm³/mol. The van der Waals surface area contributed by atoms with Gasteiger partial charge in [-0.05, 0) is 73.2 Å². The number of rotatable bonds is 7. The normalized spacial score (nSPS) is 22.0. The summed E-state index contributed by atoms with van der Waals surface area (Å²) in [4.78, 5) is 20.4. The molecule has 2 N–H and O–H groups in total. The van der Waals surface area contributed by atoms with Gasteiger partial charge >= 0.3 is 0 Å². The Kier molecular flexibility index (Phi) is 4.30. The van der Waals surface area contributed by atoms with Crippen molar-refractivity contribution >= 4 is 16.8 Å². The Hall–Kier alpha value is -2.82. The Morgan fingerprint density at radius 2 is 2.18 bits per heavy atom. The van der Waals surface area contributed by atoms with Crippen molar-refractivity contribution in [2.45, 2.75) is 38.1 Å². The van der Waals surface area contributed by atoms with E-state index in [1.165, 1.54) is 23.8 Å². The highest BCUT2D eigenvalue weighted by Gasteiger charge is 2.44. The molecule has 3 atom stereocenters. The third kappa shape index (κ3) is 3.61. The second kappa shape index (κ2) is 6.97. The summed E-state index contributed by atoms with van der Waals surface area (Å²) in [5, 5.41) is 4.32. The molecule has 0 bridgehead atoms. The number of carbonyl (C=O) groups excluding carboxylic acids is 1. The quantitative estimate of drug-likeness (QED) is 0.646. The molecular formula is C23H25N3O2. The molecule has 0 saturated heterocycles. The van der Waals surface area contributed by atoms with Gasteiger partial charge in [0, 0.05) is 17.6 Å². The molecule has 2 fully saturated rings. The number of aromatic amines is 1. The fourth-order valence-corrected chi connectivity index (χ4v) is 3.78. The van der Waals surface area contributed by atoms with Crippen molar-refractivity contribution in [1.29, 1.82) is 0 Å². The largest absolute Gasteiger partial charge is 0.492 e. The van der Waals surface area contributed by atoms with E-state index in [9.17, 15) is 4.79 Å². The summed E-state index contributed by atoms with van der Waals surface area (Å²) in [6, 6.07) is 12.3. The number of hydrogen-bond donors (Lipinski definition) is 2. The van der Waals surface area contributed by atoms with Gasteiger partial charge in [0.25, 0.3) is 0 Å². The fourth-order valence-electron chi connectivity index (χ4n) is 3.78. The van der Waals surface area contributed by atoms with E-state index in [1.807, 2.05) is 25.3 Å². The minimum atomic E-state index is -0.114. The molecule has 2 aromatic heterocycles. The molecule has 2 aliphatic rings. The lowest BCUT2D eigenvalue weighted by atomic mass is 10.1. The van der Waals surface area contributed by atoms with Crippen LogP contribution >= 0.6 is 0 Å². The van der Waals surface area contributed by atoms with Gasteiger partial charge in [0.1, 0.15) is 5.75 Å². The number of nitrogens with one attached hydrogen (secondary N) is 2. The molecule has 28 heavy (non-hydrogen) atoms. The summed E-state index contributed by atoms with van der Waals surface area (Å²) in [6.45, 7) is 2.76. The average Bonchev–Trinajstić information content (AvgIpc) is 3.63. The third-order valence-electron chi connectivity index (χ3n) is 5.88. The number of ether oxygens (including phenoxy) is 1. The monoisotopic (exact) mass is 375 g/mol. The van der Waals surface area contributed by atoms with Crippen LogP contribution in [-0.2, 0) is 4.79 Å². The predicted octanol–water partition coefficient (Wildman–Crippen LogP) is 4.33. The number of aromatic nitrogens is 2. The van der Waals surface area contributed by atoms with Crippen molar-refractivity contribution in [1.82, 2.24) is 15.3 Å². The van der Waals surface area contributed by atoms with Gasteiger partial charge in [-0.2, -0.15) is 0 Å². The van der Waals surface area contributed by atoms with E-state index in [-0.39, 0.29) is 17.9 Å². The van der Waals surface area contributed by atoms with Crippen LogP contribution in [-0.4, -0.2) is 22.5 Å². The molecule has 3 aromatic rings. The first kappa shape index (κ1) is 17.3. The topological polar surface area (TPSA) is 67.0 Å². The van der Waals surface area contributed by atoms with Gasteiger partial charge in [0.2, 0.25) is 5.91 Å². The molecule has 5 rings (SSSR count). The highest BCUT2D eigenvalue weighted by atomic mass is 16.5. The molecule has 2 aliphatic carbocycles. The summed E-state index contributed by atoms with van der Waals surface area (Å²) in [6.07, 6.45) is 7.16. The minimum absolute atomic E-state index is 0.0519. The first-order valence-corrected chi connectivity index (χ1v) is 10.1. The first-order valence-electron chi connectivity index (χ1n) is 10.1. The summed E-state index contributed by atoms with van der Waals surface area (Å²) < 4.78 is 5.73. The maximum Gasteiger partial charge on any atom is 0.224 e. The molecule has 0 radical (unpaired) electrons. The molecular weight excluding hydrogens is 350 g/mol. The zero-order valence-electron chi connectivity index (χ0n) is 16.0. The van der Waals surface area contributed by atoms with Gasteiger partial charge in [0.05, 0.1) is 24.5 Å². The van der Waals surface area contributed by atoms with Crippen LogP contribution in [0.15, 0.2) is 48.8 Å². The van der Waals surface area contributed by atoms with Gasteiger partial charge in [-0.1, -0.05) is 12.1 Å². The Labute approximate surface area is 164 Å². The van der Waals surface area contributed by atoms with Crippen LogP contribution in [0.2, 0.25) is 0 Å². The molecule has 144 valence electrons. The first-order chi connectivity index (χ1) is 13.7. The molecule has 5 nitrogen and oxygen atoms in total. The summed E-state index contributed by atoms with van der Waals surface area (Å²) >= 11 is 0. The van der Waals surface area contributed by atoms with Crippen molar-refractivity contribution < 1.29 is 9.53 Å². The van der Waals surface area contributed by atoms with Crippen molar-refractivity contribution in [3.05, 3.63) is 60.0 Å². The molecule has 2 heterocycles. The van der Waals surface area contributed by atoms with E-state index in [2.05, 4.69) is 39.6 Å². The smallest absolute Gasteiger partial charge is 0.224 e. The van der Waals surface area contributed by atoms with Crippen LogP contribution in [0.5, 0.6) is 5.75 Å². The lowest BCUT2D eigenvalue weighted by Crippen LogP contribution is -2.28. The van der Waals surface area contributed by atoms with E-state index in [4.69, 9.17) is 4.74 Å². The lowest BCUT2D eigenvalue weighted by Gasteiger charge is -2.14. The Balaban J connectivity index is 1.17. The van der Waals surface area contributed by atoms with Crippen molar-refractivity contribution in [3.63, 3.8) is 0 Å². The van der Waals surface area contributed by atoms with Crippen molar-refractivity contribution in [3.8, 4) is 5.75 Å². The van der Waals surface area contributed by atoms with Crippen molar-refractivity contribution in [2.75, 3.05) is 6.61 Å². The molecule has 5 heteroatoms. The number of H-pyrrole nitrogens is 1. The highest BCUT2D eigenvalue weighted by molar-refractivity contribution is 5.84. The van der Waals surface area contributed by atoms with Gasteiger partial charge < -0.3 is 15.0 Å². The highest BCUT2D eigenvalue weighted by Crippen LogP contribution is 2.48. The second-order valence-electron chi connectivity index (χ2n) is 8.18. The summed E-state index contributed by atoms with van der Waals surface area (Å²) in [7, 11) is 0. The Bertz CT molecular complexity index is 991. The SMILES string of the molecule is C[C@@H](NC(=O)[C@H]1C[C@@H]1c1ccc2cc[nH]c2c1)c1ccc(OCC2CC2)cn1. The Morgan fingerprint density at radius 3 is 2.96 bits per heavy atom. The number of pyridine rings is 1. The van der Waals surface area contributed by atoms with Crippen LogP contribution < -0.4 is 10.1 Å². The number of fused-ring (bicyclic) bond motifs is 1. The summed E-state index contributed by atoms with van der Waals surface area (Å²) in [5.41, 5.74) is 3.22. The number of hydrogen-bond acceptors (Lipinski definition) is 3. The van der Waals surface area contributed by atoms with Crippen LogP contribution in [0.4, 0.5) is 0 Å². The lowest BCUT2D eigenvalue weighted by molar-refractivity contribution is -0.123.